The Morgan fingerprint density at radius 3 is 2.25 bits per heavy atom. The maximum absolute atomic E-state index is 9.13. The third-order valence-corrected chi connectivity index (χ3v) is 1.34. The molecule has 64 valence electrons. The molecule has 5 heteroatoms. The van der Waals surface area contributed by atoms with E-state index in [1.807, 2.05) is 0 Å². The average Bonchev–Trinajstić information content (AvgIpc) is 2.01. The van der Waals surface area contributed by atoms with Gasteiger partial charge in [0.05, 0.1) is 6.21 Å². The second-order valence-electron chi connectivity index (χ2n) is 2.18. The van der Waals surface area contributed by atoms with Crippen molar-refractivity contribution in [1.82, 2.24) is 0 Å². The number of nitrogens with two attached hydrogens (primary N) is 1. The number of phenols is 3. The van der Waals surface area contributed by atoms with Crippen molar-refractivity contribution in [3.8, 4) is 17.2 Å². The van der Waals surface area contributed by atoms with Crippen LogP contribution in [-0.2, 0) is 0 Å². The highest BCUT2D eigenvalue weighted by molar-refractivity contribution is 5.84. The Morgan fingerprint density at radius 1 is 1.08 bits per heavy atom. The molecule has 0 aliphatic rings. The minimum Gasteiger partial charge on any atom is -0.507 e. The van der Waals surface area contributed by atoms with Crippen molar-refractivity contribution in [2.75, 3.05) is 0 Å². The van der Waals surface area contributed by atoms with E-state index in [2.05, 4.69) is 5.10 Å². The average molecular weight is 168 g/mol. The van der Waals surface area contributed by atoms with Gasteiger partial charge in [-0.3, -0.25) is 0 Å². The van der Waals surface area contributed by atoms with Gasteiger partial charge in [-0.25, -0.2) is 0 Å². The van der Waals surface area contributed by atoms with E-state index in [-0.39, 0.29) is 22.8 Å². The Hall–Kier alpha value is -1.91. The molecule has 0 unspecified atom stereocenters. The largest absolute Gasteiger partial charge is 0.507 e. The molecule has 1 aromatic carbocycles. The van der Waals surface area contributed by atoms with E-state index < -0.39 is 0 Å². The van der Waals surface area contributed by atoms with Gasteiger partial charge in [-0.1, -0.05) is 0 Å². The summed E-state index contributed by atoms with van der Waals surface area (Å²) in [4.78, 5) is 0. The van der Waals surface area contributed by atoms with Gasteiger partial charge in [0.25, 0.3) is 0 Å². The van der Waals surface area contributed by atoms with Crippen molar-refractivity contribution >= 4 is 6.21 Å². The zero-order valence-electron chi connectivity index (χ0n) is 6.10. The van der Waals surface area contributed by atoms with E-state index in [0.29, 0.717) is 0 Å². The normalized spacial score (nSPS) is 10.7. The van der Waals surface area contributed by atoms with Gasteiger partial charge >= 0.3 is 0 Å². The summed E-state index contributed by atoms with van der Waals surface area (Å²) in [5.41, 5.74) is 0.243. The molecule has 0 heterocycles. The molecule has 0 atom stereocenters. The Morgan fingerprint density at radius 2 is 1.67 bits per heavy atom. The van der Waals surface area contributed by atoms with Gasteiger partial charge in [-0.2, -0.15) is 5.10 Å². The fourth-order valence-corrected chi connectivity index (χ4v) is 0.766. The van der Waals surface area contributed by atoms with Crippen molar-refractivity contribution in [3.05, 3.63) is 17.7 Å². The second kappa shape index (κ2) is 3.00. The predicted molar refractivity (Wildman–Crippen MR) is 43.2 cm³/mol. The molecule has 0 aliphatic heterocycles. The summed E-state index contributed by atoms with van der Waals surface area (Å²) in [6.45, 7) is 0. The quantitative estimate of drug-likeness (QED) is 0.157. The predicted octanol–water partition coefficient (Wildman–Crippen LogP) is 0.0960. The summed E-state index contributed by atoms with van der Waals surface area (Å²) in [6, 6.07) is 2.16. The van der Waals surface area contributed by atoms with Gasteiger partial charge in [0.15, 0.2) is 11.5 Å². The van der Waals surface area contributed by atoms with Crippen LogP contribution in [0, 0.1) is 0 Å². The Labute approximate surface area is 68.4 Å². The lowest BCUT2D eigenvalue weighted by Gasteiger charge is -2.01. The molecular weight excluding hydrogens is 160 g/mol. The van der Waals surface area contributed by atoms with Crippen molar-refractivity contribution in [2.24, 2.45) is 10.9 Å². The third kappa shape index (κ3) is 1.39. The zero-order chi connectivity index (χ0) is 9.14. The Bertz CT molecular complexity index is 323. The van der Waals surface area contributed by atoms with E-state index in [1.54, 1.807) is 0 Å². The molecule has 5 N–H and O–H groups in total. The van der Waals surface area contributed by atoms with Crippen molar-refractivity contribution in [1.29, 1.82) is 0 Å². The lowest BCUT2D eigenvalue weighted by atomic mass is 10.2. The molecule has 0 saturated carbocycles. The summed E-state index contributed by atoms with van der Waals surface area (Å²) < 4.78 is 0. The first kappa shape index (κ1) is 8.19. The van der Waals surface area contributed by atoms with E-state index in [9.17, 15) is 0 Å². The maximum atomic E-state index is 9.13. The number of benzene rings is 1. The van der Waals surface area contributed by atoms with Gasteiger partial charge in [-0.15, -0.1) is 0 Å². The number of phenolic OH excluding ortho intramolecular Hbond substituents is 3. The SMILES string of the molecule is NN=Cc1cc(O)c(O)cc1O. The molecule has 0 aliphatic carbocycles. The monoisotopic (exact) mass is 168 g/mol. The highest BCUT2D eigenvalue weighted by Gasteiger charge is 2.04. The third-order valence-electron chi connectivity index (χ3n) is 1.34. The van der Waals surface area contributed by atoms with Gasteiger partial charge < -0.3 is 21.2 Å². The Kier molecular flexibility index (Phi) is 2.05. The number of hydrogen-bond acceptors (Lipinski definition) is 5. The Balaban J connectivity index is 3.23. The topological polar surface area (TPSA) is 99.1 Å². The van der Waals surface area contributed by atoms with Crippen molar-refractivity contribution in [3.63, 3.8) is 0 Å². The zero-order valence-corrected chi connectivity index (χ0v) is 6.10. The number of aromatic hydroxyl groups is 3. The summed E-state index contributed by atoms with van der Waals surface area (Å²) in [5, 5.41) is 30.2. The molecule has 0 amide bonds. The molecule has 0 bridgehead atoms. The van der Waals surface area contributed by atoms with Crippen LogP contribution >= 0.6 is 0 Å². The fraction of sp³-hybridized carbons (Fsp3) is 0. The number of nitrogens with zero attached hydrogens (tertiary/aromatic N) is 1. The molecule has 5 nitrogen and oxygen atoms in total. The molecular formula is C7H8N2O3. The second-order valence-corrected chi connectivity index (χ2v) is 2.18. The number of hydrazone groups is 1. The molecule has 12 heavy (non-hydrogen) atoms. The van der Waals surface area contributed by atoms with E-state index in [1.165, 1.54) is 0 Å². The molecule has 1 aromatic rings. The molecule has 0 radical (unpaired) electrons. The fourth-order valence-electron chi connectivity index (χ4n) is 0.766. The highest BCUT2D eigenvalue weighted by atomic mass is 16.3. The summed E-state index contributed by atoms with van der Waals surface area (Å²) in [6.07, 6.45) is 1.16. The summed E-state index contributed by atoms with van der Waals surface area (Å²) in [7, 11) is 0. The number of rotatable bonds is 1. The van der Waals surface area contributed by atoms with Crippen LogP contribution in [0.15, 0.2) is 17.2 Å². The molecule has 1 rings (SSSR count). The molecule has 0 saturated heterocycles. The van der Waals surface area contributed by atoms with Gasteiger partial charge in [0.2, 0.25) is 0 Å². The van der Waals surface area contributed by atoms with E-state index >= 15 is 0 Å². The molecule has 0 aromatic heterocycles. The molecule has 0 spiro atoms. The minimum atomic E-state index is -0.387. The van der Waals surface area contributed by atoms with Gasteiger partial charge in [-0.05, 0) is 6.07 Å². The van der Waals surface area contributed by atoms with Crippen LogP contribution in [0.4, 0.5) is 0 Å². The van der Waals surface area contributed by atoms with Crippen LogP contribution in [0.2, 0.25) is 0 Å². The first-order valence-electron chi connectivity index (χ1n) is 3.13. The van der Waals surface area contributed by atoms with Crippen LogP contribution in [-0.4, -0.2) is 21.5 Å². The standard InChI is InChI=1S/C7H8N2O3/c8-9-3-4-1-6(11)7(12)2-5(4)10/h1-3,10-12H,8H2. The van der Waals surface area contributed by atoms with Crippen molar-refractivity contribution in [2.45, 2.75) is 0 Å². The van der Waals surface area contributed by atoms with Crippen LogP contribution < -0.4 is 5.84 Å². The van der Waals surface area contributed by atoms with Crippen LogP contribution in [0.25, 0.3) is 0 Å². The maximum Gasteiger partial charge on any atom is 0.161 e. The molecule has 0 fully saturated rings. The first-order valence-corrected chi connectivity index (χ1v) is 3.13. The number of hydrogen-bond donors (Lipinski definition) is 4. The lowest BCUT2D eigenvalue weighted by molar-refractivity contribution is 0.396. The summed E-state index contributed by atoms with van der Waals surface area (Å²) >= 11 is 0. The first-order chi connectivity index (χ1) is 5.65. The van der Waals surface area contributed by atoms with Crippen molar-refractivity contribution < 1.29 is 15.3 Å². The summed E-state index contributed by atoms with van der Waals surface area (Å²) in [5.74, 6) is 3.92. The van der Waals surface area contributed by atoms with Gasteiger partial charge in [0, 0.05) is 11.6 Å². The highest BCUT2D eigenvalue weighted by Crippen LogP contribution is 2.30. The smallest absolute Gasteiger partial charge is 0.161 e. The van der Waals surface area contributed by atoms with Crippen LogP contribution in [0.1, 0.15) is 5.56 Å². The lowest BCUT2D eigenvalue weighted by Crippen LogP contribution is -1.87. The van der Waals surface area contributed by atoms with Crippen LogP contribution in [0.5, 0.6) is 17.2 Å². The minimum absolute atomic E-state index is 0.195. The van der Waals surface area contributed by atoms with Gasteiger partial charge in [0.1, 0.15) is 5.75 Å². The van der Waals surface area contributed by atoms with E-state index in [4.69, 9.17) is 21.2 Å². The van der Waals surface area contributed by atoms with E-state index in [0.717, 1.165) is 18.3 Å². The van der Waals surface area contributed by atoms with Crippen LogP contribution in [0.3, 0.4) is 0 Å².